The maximum atomic E-state index is 2.56. The Morgan fingerprint density at radius 2 is 2.00 bits per heavy atom. The summed E-state index contributed by atoms with van der Waals surface area (Å²) in [6.45, 7) is 10.9. The van der Waals surface area contributed by atoms with Crippen LogP contribution in [0.25, 0.3) is 0 Å². The first-order chi connectivity index (χ1) is 5.54. The van der Waals surface area contributed by atoms with E-state index in [4.69, 9.17) is 0 Å². The summed E-state index contributed by atoms with van der Waals surface area (Å²) < 4.78 is 0. The first-order valence-electron chi connectivity index (χ1n) is 4.94. The van der Waals surface area contributed by atoms with Gasteiger partial charge in [0, 0.05) is 18.5 Å². The van der Waals surface area contributed by atoms with Crippen molar-refractivity contribution in [2.75, 3.05) is 19.6 Å². The van der Waals surface area contributed by atoms with Crippen molar-refractivity contribution in [3.63, 3.8) is 0 Å². The van der Waals surface area contributed by atoms with Gasteiger partial charge in [-0.3, -0.25) is 4.90 Å². The van der Waals surface area contributed by atoms with Crippen LogP contribution in [-0.4, -0.2) is 24.5 Å². The molecule has 2 unspecified atom stereocenters. The van der Waals surface area contributed by atoms with Gasteiger partial charge in [0.05, 0.1) is 0 Å². The van der Waals surface area contributed by atoms with Crippen molar-refractivity contribution in [1.29, 1.82) is 0 Å². The molecule has 68 valence electrons. The van der Waals surface area contributed by atoms with Crippen molar-refractivity contribution in [2.45, 2.75) is 27.2 Å². The summed E-state index contributed by atoms with van der Waals surface area (Å²) in [5.74, 6) is 0. The first-order valence-corrected chi connectivity index (χ1v) is 4.94. The zero-order valence-corrected chi connectivity index (χ0v) is 8.43. The minimum absolute atomic E-state index is 0.420. The van der Waals surface area contributed by atoms with Crippen LogP contribution in [0.4, 0.5) is 0 Å². The van der Waals surface area contributed by atoms with Crippen LogP contribution in [0.1, 0.15) is 27.2 Å². The van der Waals surface area contributed by atoms with Crippen LogP contribution in [0.5, 0.6) is 0 Å². The van der Waals surface area contributed by atoms with Crippen LogP contribution in [0.15, 0.2) is 12.2 Å². The molecule has 0 aliphatic carbocycles. The summed E-state index contributed by atoms with van der Waals surface area (Å²) in [6.07, 6.45) is 6.11. The fourth-order valence-corrected chi connectivity index (χ4v) is 2.38. The lowest BCUT2D eigenvalue weighted by Crippen LogP contribution is -2.52. The van der Waals surface area contributed by atoms with E-state index >= 15 is 0 Å². The summed E-state index contributed by atoms with van der Waals surface area (Å²) >= 11 is 0. The summed E-state index contributed by atoms with van der Waals surface area (Å²) in [5, 5.41) is 0. The van der Waals surface area contributed by atoms with Crippen molar-refractivity contribution < 1.29 is 0 Å². The lowest BCUT2D eigenvalue weighted by molar-refractivity contribution is 0.0134. The predicted octanol–water partition coefficient (Wildman–Crippen LogP) is 2.29. The molecule has 0 N–H and O–H groups in total. The van der Waals surface area contributed by atoms with Gasteiger partial charge in [-0.15, -0.1) is 0 Å². The fraction of sp³-hybridized carbons (Fsp3) is 0.818. The van der Waals surface area contributed by atoms with Crippen LogP contribution >= 0.6 is 0 Å². The molecule has 0 aromatic carbocycles. The van der Waals surface area contributed by atoms with Crippen LogP contribution in [-0.2, 0) is 0 Å². The third kappa shape index (κ3) is 1.03. The van der Waals surface area contributed by atoms with Gasteiger partial charge in [-0.25, -0.2) is 0 Å². The third-order valence-corrected chi connectivity index (χ3v) is 4.00. The van der Waals surface area contributed by atoms with Crippen molar-refractivity contribution in [2.24, 2.45) is 10.8 Å². The molecular weight excluding hydrogens is 146 g/mol. The molecule has 0 radical (unpaired) electrons. The summed E-state index contributed by atoms with van der Waals surface area (Å²) in [6, 6.07) is 0. The van der Waals surface area contributed by atoms with Crippen molar-refractivity contribution >= 4 is 0 Å². The van der Waals surface area contributed by atoms with Crippen LogP contribution in [0.2, 0.25) is 0 Å². The molecule has 0 amide bonds. The van der Waals surface area contributed by atoms with E-state index in [1.54, 1.807) is 0 Å². The average Bonchev–Trinajstić information content (AvgIpc) is 1.99. The molecule has 2 heterocycles. The van der Waals surface area contributed by atoms with E-state index in [9.17, 15) is 0 Å². The van der Waals surface area contributed by atoms with E-state index in [0.717, 1.165) is 0 Å². The Morgan fingerprint density at radius 1 is 1.25 bits per heavy atom. The highest BCUT2D eigenvalue weighted by Crippen LogP contribution is 2.47. The minimum Gasteiger partial charge on any atom is -0.299 e. The Hall–Kier alpha value is -0.300. The number of hydrogen-bond acceptors (Lipinski definition) is 1. The van der Waals surface area contributed by atoms with Crippen LogP contribution in [0.3, 0.4) is 0 Å². The molecular formula is C11H19N. The highest BCUT2D eigenvalue weighted by molar-refractivity contribution is 5.12. The molecule has 2 aliphatic heterocycles. The molecule has 0 spiro atoms. The van der Waals surface area contributed by atoms with Gasteiger partial charge in [0.25, 0.3) is 0 Å². The van der Waals surface area contributed by atoms with Crippen LogP contribution < -0.4 is 0 Å². The van der Waals surface area contributed by atoms with E-state index in [0.29, 0.717) is 10.8 Å². The second kappa shape index (κ2) is 2.35. The molecule has 0 aromatic heterocycles. The maximum absolute atomic E-state index is 2.56. The Balaban J connectivity index is 2.33. The Bertz CT molecular complexity index is 217. The molecule has 2 atom stereocenters. The smallest absolute Gasteiger partial charge is 0.0163 e. The quantitative estimate of drug-likeness (QED) is 0.498. The van der Waals surface area contributed by atoms with E-state index < -0.39 is 0 Å². The van der Waals surface area contributed by atoms with Gasteiger partial charge in [0.2, 0.25) is 0 Å². The summed E-state index contributed by atoms with van der Waals surface area (Å²) in [5.41, 5.74) is 0.907. The lowest BCUT2D eigenvalue weighted by atomic mass is 9.61. The molecule has 0 saturated carbocycles. The topological polar surface area (TPSA) is 3.24 Å². The van der Waals surface area contributed by atoms with E-state index in [1.165, 1.54) is 26.1 Å². The van der Waals surface area contributed by atoms with Gasteiger partial charge >= 0.3 is 0 Å². The van der Waals surface area contributed by atoms with Gasteiger partial charge in [-0.2, -0.15) is 0 Å². The third-order valence-electron chi connectivity index (χ3n) is 4.00. The largest absolute Gasteiger partial charge is 0.299 e. The molecule has 1 nitrogen and oxygen atoms in total. The second-order valence-electron chi connectivity index (χ2n) is 5.19. The molecule has 12 heavy (non-hydrogen) atoms. The van der Waals surface area contributed by atoms with E-state index in [1.807, 2.05) is 0 Å². The first kappa shape index (κ1) is 8.31. The molecule has 2 aliphatic rings. The standard InChI is InChI=1S/C11H19N/c1-10(2)6-8-12-7-4-5-11(10,3)9-12/h4-5H,6-9H2,1-3H3. The Kier molecular flexibility index (Phi) is 1.63. The minimum atomic E-state index is 0.420. The molecule has 1 heteroatoms. The van der Waals surface area contributed by atoms with Crippen LogP contribution in [0, 0.1) is 10.8 Å². The molecule has 2 bridgehead atoms. The van der Waals surface area contributed by atoms with Crippen molar-refractivity contribution in [1.82, 2.24) is 4.90 Å². The SMILES string of the molecule is CC1(C)CCN2CC=CC1(C)C2. The molecule has 0 aromatic rings. The van der Waals surface area contributed by atoms with Crippen molar-refractivity contribution in [3.8, 4) is 0 Å². The number of nitrogens with zero attached hydrogens (tertiary/aromatic N) is 1. The maximum Gasteiger partial charge on any atom is 0.0163 e. The second-order valence-corrected chi connectivity index (χ2v) is 5.19. The van der Waals surface area contributed by atoms with Gasteiger partial charge < -0.3 is 0 Å². The summed E-state index contributed by atoms with van der Waals surface area (Å²) in [7, 11) is 0. The van der Waals surface area contributed by atoms with E-state index in [-0.39, 0.29) is 0 Å². The lowest BCUT2D eigenvalue weighted by Gasteiger charge is -2.52. The fourth-order valence-electron chi connectivity index (χ4n) is 2.38. The molecule has 1 fully saturated rings. The molecule has 2 rings (SSSR count). The highest BCUT2D eigenvalue weighted by atomic mass is 15.1. The van der Waals surface area contributed by atoms with Gasteiger partial charge in [-0.1, -0.05) is 32.9 Å². The zero-order valence-electron chi connectivity index (χ0n) is 8.43. The monoisotopic (exact) mass is 165 g/mol. The van der Waals surface area contributed by atoms with Crippen molar-refractivity contribution in [3.05, 3.63) is 12.2 Å². The number of hydrogen-bond donors (Lipinski definition) is 0. The number of fused-ring (bicyclic) bond motifs is 2. The van der Waals surface area contributed by atoms with Gasteiger partial charge in [0.15, 0.2) is 0 Å². The number of rotatable bonds is 0. The number of piperidine rings is 1. The molecule has 1 saturated heterocycles. The highest BCUT2D eigenvalue weighted by Gasteiger charge is 2.44. The van der Waals surface area contributed by atoms with Gasteiger partial charge in [0.1, 0.15) is 0 Å². The summed E-state index contributed by atoms with van der Waals surface area (Å²) in [4.78, 5) is 2.56. The Morgan fingerprint density at radius 3 is 2.67 bits per heavy atom. The van der Waals surface area contributed by atoms with E-state index in [2.05, 4.69) is 37.8 Å². The van der Waals surface area contributed by atoms with Gasteiger partial charge in [-0.05, 0) is 18.4 Å². The Labute approximate surface area is 75.4 Å². The average molecular weight is 165 g/mol. The predicted molar refractivity (Wildman–Crippen MR) is 52.1 cm³/mol. The zero-order chi connectivity index (χ0) is 8.82. The normalized spacial score (nSPS) is 44.4.